The number of rotatable bonds is 3. The minimum atomic E-state index is -0.00861. The number of hydrogen-bond donors (Lipinski definition) is 0. The summed E-state index contributed by atoms with van der Waals surface area (Å²) in [6, 6.07) is 10.6. The lowest BCUT2D eigenvalue weighted by Crippen LogP contribution is -2.71. The van der Waals surface area contributed by atoms with Gasteiger partial charge in [0.1, 0.15) is 5.82 Å². The van der Waals surface area contributed by atoms with E-state index in [9.17, 15) is 4.79 Å². The Hall–Kier alpha value is -3.19. The summed E-state index contributed by atoms with van der Waals surface area (Å²) in [5.41, 5.74) is 5.33. The van der Waals surface area contributed by atoms with E-state index in [0.29, 0.717) is 5.41 Å². The molecule has 2 aliphatic heterocycles. The summed E-state index contributed by atoms with van der Waals surface area (Å²) in [7, 11) is 3.99. The lowest BCUT2D eigenvalue weighted by molar-refractivity contribution is -0.00279. The van der Waals surface area contributed by atoms with Crippen molar-refractivity contribution < 1.29 is 0 Å². The highest BCUT2D eigenvalue weighted by atomic mass is 16.1. The van der Waals surface area contributed by atoms with Crippen molar-refractivity contribution >= 4 is 27.8 Å². The van der Waals surface area contributed by atoms with Gasteiger partial charge in [0.15, 0.2) is 0 Å². The maximum atomic E-state index is 12.8. The number of imidazole rings is 1. The minimum Gasteiger partial charge on any atom is -0.355 e. The van der Waals surface area contributed by atoms with E-state index in [1.807, 2.05) is 37.7 Å². The standard InChI is InChI=1S/C25H28N6O/c1-16(2)31-23-19-9-17(5-7-20(19)26-11-21(23)29(4)24(31)32)18-6-8-22(27-10-18)30-14-25(15-30)12-28(3)13-25/h5-11,16H,12-15H2,1-4H3. The molecular formula is C25H28N6O. The molecule has 164 valence electrons. The molecule has 0 bridgehead atoms. The van der Waals surface area contributed by atoms with Gasteiger partial charge in [-0.2, -0.15) is 0 Å². The Balaban J connectivity index is 1.37. The van der Waals surface area contributed by atoms with E-state index < -0.39 is 0 Å². The Labute approximate surface area is 186 Å². The molecule has 1 aromatic carbocycles. The molecule has 0 aliphatic carbocycles. The number of anilines is 1. The molecule has 0 saturated carbocycles. The van der Waals surface area contributed by atoms with Crippen LogP contribution in [0.1, 0.15) is 19.9 Å². The van der Waals surface area contributed by atoms with E-state index in [1.54, 1.807) is 10.8 Å². The number of pyridine rings is 2. The van der Waals surface area contributed by atoms with Crippen molar-refractivity contribution in [2.75, 3.05) is 38.1 Å². The van der Waals surface area contributed by atoms with Crippen LogP contribution in [-0.2, 0) is 7.05 Å². The van der Waals surface area contributed by atoms with Gasteiger partial charge in [-0.05, 0) is 50.7 Å². The maximum absolute atomic E-state index is 12.8. The number of aryl methyl sites for hydroxylation is 1. The van der Waals surface area contributed by atoms with E-state index in [4.69, 9.17) is 4.98 Å². The number of fused-ring (bicyclic) bond motifs is 3. The quantitative estimate of drug-likeness (QED) is 0.501. The zero-order valence-corrected chi connectivity index (χ0v) is 19.0. The van der Waals surface area contributed by atoms with Crippen LogP contribution in [0.5, 0.6) is 0 Å². The van der Waals surface area contributed by atoms with Crippen LogP contribution in [0.25, 0.3) is 33.1 Å². The highest BCUT2D eigenvalue weighted by Gasteiger charge is 2.50. The lowest BCUT2D eigenvalue weighted by atomic mass is 9.73. The monoisotopic (exact) mass is 428 g/mol. The average molecular weight is 429 g/mol. The molecule has 6 rings (SSSR count). The molecule has 2 fully saturated rings. The Morgan fingerprint density at radius 1 is 0.938 bits per heavy atom. The third-order valence-electron chi connectivity index (χ3n) is 7.10. The van der Waals surface area contributed by atoms with Crippen LogP contribution in [0, 0.1) is 5.41 Å². The smallest absolute Gasteiger partial charge is 0.329 e. The Kier molecular flexibility index (Phi) is 4.05. The molecule has 0 radical (unpaired) electrons. The highest BCUT2D eigenvalue weighted by Crippen LogP contribution is 2.40. The topological polar surface area (TPSA) is 59.2 Å². The first-order valence-corrected chi connectivity index (χ1v) is 11.2. The van der Waals surface area contributed by atoms with Crippen LogP contribution >= 0.6 is 0 Å². The van der Waals surface area contributed by atoms with Crippen LogP contribution in [0.3, 0.4) is 0 Å². The van der Waals surface area contributed by atoms with Gasteiger partial charge in [-0.25, -0.2) is 9.78 Å². The van der Waals surface area contributed by atoms with Gasteiger partial charge >= 0.3 is 5.69 Å². The average Bonchev–Trinajstić information content (AvgIpc) is 3.00. The molecule has 2 aliphatic rings. The fraction of sp³-hybridized carbons (Fsp3) is 0.400. The summed E-state index contributed by atoms with van der Waals surface area (Å²) in [6.07, 6.45) is 3.76. The van der Waals surface area contributed by atoms with Crippen molar-refractivity contribution in [3.63, 3.8) is 0 Å². The number of hydrogen-bond acceptors (Lipinski definition) is 5. The van der Waals surface area contributed by atoms with Gasteiger partial charge < -0.3 is 9.80 Å². The molecule has 0 unspecified atom stereocenters. The van der Waals surface area contributed by atoms with E-state index in [2.05, 4.69) is 46.1 Å². The lowest BCUT2D eigenvalue weighted by Gasteiger charge is -2.59. The minimum absolute atomic E-state index is 0.00861. The number of benzene rings is 1. The fourth-order valence-corrected chi connectivity index (χ4v) is 5.65. The second kappa shape index (κ2) is 6.65. The van der Waals surface area contributed by atoms with E-state index in [-0.39, 0.29) is 11.7 Å². The van der Waals surface area contributed by atoms with Crippen molar-refractivity contribution in [3.05, 3.63) is 53.2 Å². The molecule has 5 heterocycles. The molecule has 7 nitrogen and oxygen atoms in total. The summed E-state index contributed by atoms with van der Waals surface area (Å²) >= 11 is 0. The first-order chi connectivity index (χ1) is 15.3. The molecule has 7 heteroatoms. The summed E-state index contributed by atoms with van der Waals surface area (Å²) in [5.74, 6) is 1.05. The molecule has 0 atom stereocenters. The summed E-state index contributed by atoms with van der Waals surface area (Å²) in [4.78, 5) is 27.0. The van der Waals surface area contributed by atoms with Gasteiger partial charge in [0.05, 0.1) is 22.7 Å². The first kappa shape index (κ1) is 19.5. The van der Waals surface area contributed by atoms with Gasteiger partial charge in [0.25, 0.3) is 0 Å². The Morgan fingerprint density at radius 3 is 2.34 bits per heavy atom. The van der Waals surface area contributed by atoms with Crippen molar-refractivity contribution in [2.45, 2.75) is 19.9 Å². The largest absolute Gasteiger partial charge is 0.355 e. The zero-order valence-electron chi connectivity index (χ0n) is 19.0. The third-order valence-corrected chi connectivity index (χ3v) is 7.10. The van der Waals surface area contributed by atoms with Crippen molar-refractivity contribution in [2.24, 2.45) is 12.5 Å². The van der Waals surface area contributed by atoms with Gasteiger partial charge in [-0.3, -0.25) is 14.1 Å². The van der Waals surface area contributed by atoms with Crippen molar-refractivity contribution in [3.8, 4) is 11.1 Å². The van der Waals surface area contributed by atoms with Crippen LogP contribution in [0.4, 0.5) is 5.82 Å². The van der Waals surface area contributed by atoms with Crippen LogP contribution in [-0.4, -0.2) is 57.2 Å². The fourth-order valence-electron chi connectivity index (χ4n) is 5.65. The molecule has 2 saturated heterocycles. The predicted octanol–water partition coefficient (Wildman–Crippen LogP) is 3.28. The molecule has 0 amide bonds. The number of nitrogens with zero attached hydrogens (tertiary/aromatic N) is 6. The van der Waals surface area contributed by atoms with Gasteiger partial charge in [-0.15, -0.1) is 0 Å². The molecular weight excluding hydrogens is 400 g/mol. The SMILES string of the molecule is CC(C)n1c(=O)n(C)c2cnc3ccc(-c4ccc(N5CC6(CN(C)C6)C5)nc4)cc3c21. The normalized spacial score (nSPS) is 18.0. The Bertz CT molecular complexity index is 1400. The van der Waals surface area contributed by atoms with E-state index >= 15 is 0 Å². The Morgan fingerprint density at radius 2 is 1.69 bits per heavy atom. The van der Waals surface area contributed by atoms with E-state index in [0.717, 1.165) is 52.0 Å². The molecule has 3 aromatic heterocycles. The van der Waals surface area contributed by atoms with Gasteiger partial charge in [0.2, 0.25) is 0 Å². The summed E-state index contributed by atoms with van der Waals surface area (Å²) in [6.45, 7) is 8.68. The van der Waals surface area contributed by atoms with Crippen LogP contribution in [0.2, 0.25) is 0 Å². The molecule has 4 aromatic rings. The molecule has 32 heavy (non-hydrogen) atoms. The number of likely N-dealkylation sites (tertiary alicyclic amines) is 1. The second-order valence-electron chi connectivity index (χ2n) is 9.96. The van der Waals surface area contributed by atoms with Gasteiger partial charge in [-0.1, -0.05) is 6.07 Å². The zero-order chi connectivity index (χ0) is 22.2. The molecule has 1 spiro atoms. The van der Waals surface area contributed by atoms with E-state index in [1.165, 1.54) is 13.1 Å². The van der Waals surface area contributed by atoms with Crippen molar-refractivity contribution in [1.29, 1.82) is 0 Å². The summed E-state index contributed by atoms with van der Waals surface area (Å²) in [5, 5.41) is 0.995. The third kappa shape index (κ3) is 2.73. The van der Waals surface area contributed by atoms with Crippen molar-refractivity contribution in [1.82, 2.24) is 24.0 Å². The van der Waals surface area contributed by atoms with Gasteiger partial charge in [0, 0.05) is 61.8 Å². The summed E-state index contributed by atoms with van der Waals surface area (Å²) < 4.78 is 3.55. The highest BCUT2D eigenvalue weighted by molar-refractivity contribution is 6.04. The number of aromatic nitrogens is 4. The predicted molar refractivity (Wildman–Crippen MR) is 128 cm³/mol. The molecule has 0 N–H and O–H groups in total. The second-order valence-corrected chi connectivity index (χ2v) is 9.96. The first-order valence-electron chi connectivity index (χ1n) is 11.2. The van der Waals surface area contributed by atoms with Crippen LogP contribution in [0.15, 0.2) is 47.5 Å². The maximum Gasteiger partial charge on any atom is 0.329 e. The van der Waals surface area contributed by atoms with Crippen LogP contribution < -0.4 is 10.6 Å².